The molecule has 14 aromatic rings. The summed E-state index contributed by atoms with van der Waals surface area (Å²) in [6, 6.07) is 76.7. The van der Waals surface area contributed by atoms with E-state index in [1.54, 1.807) is 0 Å². The standard InChI is InChI=1S/C69H50N6O/c1-44-37-63(70-42-56(44)46-23-9-5-10-24-46)75-59-32-18-13-27-52(59)53-36-35-50(41-62(53)75)76-51-39-48(45-21-7-4-8-22-45)38-49(40-51)73-43-74(61-34-20-19-33-60(61)73)69-67-65(54-28-14-16-30-57(54)71(67)2)64(47-25-11-6-12-26-47)66-55-29-15-17-31-58(55)72(3)68(66)69/h4-42H,43H2,1-3H3/i2D3,3D3. The van der Waals surface area contributed by atoms with Gasteiger partial charge in [0, 0.05) is 101 Å². The number of aryl methyl sites for hydroxylation is 3. The lowest BCUT2D eigenvalue weighted by molar-refractivity contribution is 0.483. The molecule has 0 atom stereocenters. The fraction of sp³-hybridized carbons (Fsp3) is 0.0580. The van der Waals surface area contributed by atoms with Crippen LogP contribution in [0.5, 0.6) is 11.5 Å². The quantitative estimate of drug-likeness (QED) is 0.152. The van der Waals surface area contributed by atoms with E-state index in [0.717, 1.165) is 105 Å². The molecule has 76 heavy (non-hydrogen) atoms. The lowest BCUT2D eigenvalue weighted by Crippen LogP contribution is -2.25. The highest BCUT2D eigenvalue weighted by molar-refractivity contribution is 6.33. The molecule has 0 saturated heterocycles. The summed E-state index contributed by atoms with van der Waals surface area (Å²) in [5, 5.41) is 5.10. The van der Waals surface area contributed by atoms with Gasteiger partial charge in [0.25, 0.3) is 0 Å². The van der Waals surface area contributed by atoms with Crippen molar-refractivity contribution in [1.29, 1.82) is 0 Å². The Morgan fingerprint density at radius 3 is 1.64 bits per heavy atom. The summed E-state index contributed by atoms with van der Waals surface area (Å²) in [7, 11) is 0. The van der Waals surface area contributed by atoms with Crippen LogP contribution in [0.15, 0.2) is 237 Å². The van der Waals surface area contributed by atoms with Crippen LogP contribution in [0.3, 0.4) is 0 Å². The van der Waals surface area contributed by atoms with Crippen molar-refractivity contribution in [2.45, 2.75) is 6.92 Å². The summed E-state index contributed by atoms with van der Waals surface area (Å²) >= 11 is 0. The molecule has 0 fully saturated rings. The molecule has 0 saturated carbocycles. The molecule has 5 heterocycles. The van der Waals surface area contributed by atoms with Crippen LogP contribution in [0.2, 0.25) is 0 Å². The van der Waals surface area contributed by atoms with Gasteiger partial charge in [-0.05, 0) is 95.4 Å². The van der Waals surface area contributed by atoms with Gasteiger partial charge in [0.2, 0.25) is 0 Å². The maximum atomic E-state index is 9.33. The Morgan fingerprint density at radius 1 is 0.447 bits per heavy atom. The third-order valence-electron chi connectivity index (χ3n) is 15.4. The molecule has 15 rings (SSSR count). The van der Waals surface area contributed by atoms with Crippen molar-refractivity contribution in [2.75, 3.05) is 16.5 Å². The third-order valence-corrected chi connectivity index (χ3v) is 15.4. The minimum absolute atomic E-state index is 0.179. The lowest BCUT2D eigenvalue weighted by Gasteiger charge is -2.26. The number of fused-ring (bicyclic) bond motifs is 10. The van der Waals surface area contributed by atoms with E-state index in [2.05, 4.69) is 106 Å². The zero-order valence-electron chi connectivity index (χ0n) is 47.3. The smallest absolute Gasteiger partial charge is 0.137 e. The molecule has 0 amide bonds. The minimum atomic E-state index is -2.69. The molecule has 1 aliphatic rings. The molecule has 0 bridgehead atoms. The van der Waals surface area contributed by atoms with Gasteiger partial charge in [-0.25, -0.2) is 4.98 Å². The van der Waals surface area contributed by atoms with E-state index in [1.807, 2.05) is 152 Å². The molecule has 0 spiro atoms. The summed E-state index contributed by atoms with van der Waals surface area (Å²) < 4.78 is 68.2. The van der Waals surface area contributed by atoms with Crippen molar-refractivity contribution in [1.82, 2.24) is 18.7 Å². The number of pyridine rings is 1. The van der Waals surface area contributed by atoms with Crippen molar-refractivity contribution in [3.05, 3.63) is 242 Å². The van der Waals surface area contributed by atoms with Gasteiger partial charge in [0.05, 0.1) is 39.1 Å². The maximum absolute atomic E-state index is 9.33. The Kier molecular flexibility index (Phi) is 8.52. The van der Waals surface area contributed by atoms with Gasteiger partial charge < -0.3 is 23.7 Å². The number of hydrogen-bond donors (Lipinski definition) is 0. The van der Waals surface area contributed by atoms with Gasteiger partial charge in [-0.2, -0.15) is 0 Å². The van der Waals surface area contributed by atoms with Gasteiger partial charge in [-0.15, -0.1) is 0 Å². The highest BCUT2D eigenvalue weighted by atomic mass is 16.5. The molecular formula is C69H50N6O. The first-order valence-corrected chi connectivity index (χ1v) is 25.6. The van der Waals surface area contributed by atoms with Gasteiger partial charge >= 0.3 is 0 Å². The lowest BCUT2D eigenvalue weighted by atomic mass is 9.93. The zero-order chi connectivity index (χ0) is 55.6. The number of ether oxygens (including phenoxy) is 1. The van der Waals surface area contributed by atoms with E-state index >= 15 is 0 Å². The summed E-state index contributed by atoms with van der Waals surface area (Å²) in [5.41, 5.74) is 13.5. The second kappa shape index (κ2) is 17.1. The number of hydrogen-bond acceptors (Lipinski definition) is 4. The average Bonchev–Trinajstić information content (AvgIpc) is 1.67. The number of benzene rings is 10. The molecule has 0 aliphatic carbocycles. The van der Waals surface area contributed by atoms with Crippen LogP contribution in [-0.2, 0) is 14.0 Å². The normalized spacial score (nSPS) is 14.1. The summed E-state index contributed by atoms with van der Waals surface area (Å²) in [6.45, 7) is -3.08. The summed E-state index contributed by atoms with van der Waals surface area (Å²) in [6.07, 6.45) is 1.96. The van der Waals surface area contributed by atoms with E-state index in [0.29, 0.717) is 39.3 Å². The van der Waals surface area contributed by atoms with Crippen molar-refractivity contribution < 1.29 is 13.0 Å². The number of aromatic nitrogens is 4. The first kappa shape index (κ1) is 37.8. The molecule has 362 valence electrons. The Balaban J connectivity index is 0.938. The molecule has 7 heteroatoms. The van der Waals surface area contributed by atoms with E-state index in [-0.39, 0.29) is 6.67 Å². The Labute approximate surface area is 448 Å². The van der Waals surface area contributed by atoms with Gasteiger partial charge in [0.1, 0.15) is 24.0 Å². The largest absolute Gasteiger partial charge is 0.457 e. The van der Waals surface area contributed by atoms with Crippen LogP contribution < -0.4 is 14.5 Å². The second-order valence-corrected chi connectivity index (χ2v) is 19.7. The van der Waals surface area contributed by atoms with E-state index in [4.69, 9.17) is 9.72 Å². The van der Waals surface area contributed by atoms with Crippen molar-refractivity contribution in [2.24, 2.45) is 14.0 Å². The zero-order valence-corrected chi connectivity index (χ0v) is 41.3. The Morgan fingerprint density at radius 2 is 1.00 bits per heavy atom. The number of nitrogens with zero attached hydrogens (tertiary/aromatic N) is 6. The van der Waals surface area contributed by atoms with Crippen LogP contribution in [0.25, 0.3) is 105 Å². The average molecular weight is 985 g/mol. The maximum Gasteiger partial charge on any atom is 0.137 e. The Bertz CT molecular complexity index is 4760. The van der Waals surface area contributed by atoms with Gasteiger partial charge in [-0.1, -0.05) is 158 Å². The van der Waals surface area contributed by atoms with Crippen LogP contribution >= 0.6 is 0 Å². The van der Waals surface area contributed by atoms with Crippen molar-refractivity contribution in [3.63, 3.8) is 0 Å². The fourth-order valence-electron chi connectivity index (χ4n) is 12.0. The SMILES string of the molecule is [2H]C([2H])([2H])n1c2ccccc2c2c(-c3ccccc3)c3c4ccccc4n(C([2H])([2H])[2H])c3c(N3CN(c4cc(Oc5ccc6c7ccccc7n(-c7cc(C)c(-c8ccccc8)cn7)c6c5)cc(-c5ccccc5)c4)c4ccccc43)c21. The number of rotatable bonds is 8. The summed E-state index contributed by atoms with van der Waals surface area (Å²) in [5.74, 6) is 2.03. The highest BCUT2D eigenvalue weighted by Gasteiger charge is 2.35. The van der Waals surface area contributed by atoms with E-state index in [1.165, 1.54) is 9.13 Å². The first-order valence-electron chi connectivity index (χ1n) is 28.6. The van der Waals surface area contributed by atoms with Gasteiger partial charge in [0.15, 0.2) is 0 Å². The fourth-order valence-corrected chi connectivity index (χ4v) is 12.0. The first-order chi connectivity index (χ1) is 39.9. The van der Waals surface area contributed by atoms with Crippen LogP contribution in [0.1, 0.15) is 13.8 Å². The molecule has 10 aromatic carbocycles. The van der Waals surface area contributed by atoms with Crippen LogP contribution in [0.4, 0.5) is 22.7 Å². The van der Waals surface area contributed by atoms with Gasteiger partial charge in [-0.3, -0.25) is 4.57 Å². The predicted molar refractivity (Wildman–Crippen MR) is 316 cm³/mol. The number of para-hydroxylation sites is 5. The van der Waals surface area contributed by atoms with Crippen molar-refractivity contribution in [3.8, 4) is 50.7 Å². The molecule has 7 nitrogen and oxygen atoms in total. The second-order valence-electron chi connectivity index (χ2n) is 19.7. The van der Waals surface area contributed by atoms with Crippen molar-refractivity contribution >= 4 is 88.2 Å². The van der Waals surface area contributed by atoms with E-state index in [9.17, 15) is 8.22 Å². The van der Waals surface area contributed by atoms with Crippen LogP contribution in [-0.4, -0.2) is 25.4 Å². The molecule has 0 unspecified atom stereocenters. The van der Waals surface area contributed by atoms with E-state index < -0.39 is 14.0 Å². The Hall–Kier alpha value is -9.85. The molecule has 1 aliphatic heterocycles. The monoisotopic (exact) mass is 984 g/mol. The third kappa shape index (κ3) is 6.65. The minimum Gasteiger partial charge on any atom is -0.457 e. The number of anilines is 4. The topological polar surface area (TPSA) is 43.4 Å². The molecule has 0 N–H and O–H groups in total. The molecule has 4 aromatic heterocycles. The predicted octanol–water partition coefficient (Wildman–Crippen LogP) is 17.8. The molecular weight excluding hydrogens is 929 g/mol. The summed E-state index contributed by atoms with van der Waals surface area (Å²) in [4.78, 5) is 9.40. The van der Waals surface area contributed by atoms with Crippen LogP contribution in [0, 0.1) is 6.92 Å². The molecule has 0 radical (unpaired) electrons. The highest BCUT2D eigenvalue weighted by Crippen LogP contribution is 2.55.